The number of likely N-dealkylation sites (N-methyl/N-ethyl adjacent to an activating group) is 3. The Morgan fingerprint density at radius 3 is 1.78 bits per heavy atom. The summed E-state index contributed by atoms with van der Waals surface area (Å²) in [5, 5.41) is 81.8. The lowest BCUT2D eigenvalue weighted by Crippen LogP contribution is -2.62. The number of nitrogens with two attached hydrogens (primary N) is 3. The van der Waals surface area contributed by atoms with E-state index in [4.69, 9.17) is 17.2 Å². The van der Waals surface area contributed by atoms with Gasteiger partial charge in [-0.1, -0.05) is 128 Å². The van der Waals surface area contributed by atoms with Crippen LogP contribution in [0.4, 0.5) is 13.2 Å². The Balaban J connectivity index is 1.14. The van der Waals surface area contributed by atoms with Gasteiger partial charge < -0.3 is 135 Å². The van der Waals surface area contributed by atoms with Crippen LogP contribution in [0.1, 0.15) is 160 Å². The predicted octanol–water partition coefficient (Wildman–Crippen LogP) is -1.71. The third-order valence-electron chi connectivity index (χ3n) is 26.2. The van der Waals surface area contributed by atoms with Crippen LogP contribution in [0, 0.1) is 11.8 Å². The summed E-state index contributed by atoms with van der Waals surface area (Å²) in [6.45, 7) is 7.63. The highest BCUT2D eigenvalue weighted by Gasteiger charge is 2.48. The average molecular weight is 2090 g/mol. The molecule has 4 aromatic carbocycles. The van der Waals surface area contributed by atoms with Crippen molar-refractivity contribution in [2.24, 2.45) is 29.0 Å². The van der Waals surface area contributed by atoms with Crippen LogP contribution in [0.25, 0.3) is 21.8 Å². The third kappa shape index (κ3) is 32.6. The number of thioether (sulfide) groups is 1. The highest BCUT2D eigenvalue weighted by atomic mass is 32.2. The molecule has 9 rings (SSSR count). The molecule has 0 aliphatic carbocycles. The molecule has 0 unspecified atom stereocenters. The summed E-state index contributed by atoms with van der Waals surface area (Å²) in [5.41, 5.74) is 17.2. The molecule has 3 saturated heterocycles. The maximum atomic E-state index is 16.0. The molecule has 15 atom stereocenters. The van der Waals surface area contributed by atoms with Crippen LogP contribution in [0.5, 0.6) is 5.75 Å². The van der Waals surface area contributed by atoms with Crippen molar-refractivity contribution in [3.8, 4) is 5.75 Å². The number of aromatic nitrogens is 2. The van der Waals surface area contributed by atoms with Gasteiger partial charge in [0, 0.05) is 113 Å². The Labute approximate surface area is 858 Å². The molecule has 3 aliphatic rings. The number of aliphatic hydroxyl groups excluding tert-OH is 1. The second kappa shape index (κ2) is 54.8. The Bertz CT molecular complexity index is 5760. The van der Waals surface area contributed by atoms with E-state index in [1.165, 1.54) is 63.1 Å². The van der Waals surface area contributed by atoms with Crippen molar-refractivity contribution < 1.29 is 125 Å². The highest BCUT2D eigenvalue weighted by molar-refractivity contribution is 8.00. The second-order valence-corrected chi connectivity index (χ2v) is 39.5. The predicted molar refractivity (Wildman–Crippen MR) is 539 cm³/mol. The molecular formula is C99H137BF3N21O23S. The summed E-state index contributed by atoms with van der Waals surface area (Å²) in [6.07, 6.45) is -5.52. The number of phenolic OH excluding ortho intramolecular Hbond substituents is 1. The molecule has 0 bridgehead atoms. The van der Waals surface area contributed by atoms with E-state index >= 15 is 47.9 Å². The van der Waals surface area contributed by atoms with Crippen LogP contribution in [0.2, 0.25) is 0 Å². The largest absolute Gasteiger partial charge is 0.508 e. The lowest BCUT2D eigenvalue weighted by Gasteiger charge is -2.36. The van der Waals surface area contributed by atoms with Gasteiger partial charge in [0.15, 0.2) is 0 Å². The normalized spacial score (nSPS) is 23.8. The van der Waals surface area contributed by atoms with E-state index in [2.05, 4.69) is 63.5 Å². The van der Waals surface area contributed by atoms with E-state index in [0.717, 1.165) is 48.4 Å². The number of unbranched alkanes of at least 4 members (excludes halogenated alkanes) is 2. The molecule has 44 nitrogen and oxygen atoms in total. The first-order valence-corrected chi connectivity index (χ1v) is 50.5. The van der Waals surface area contributed by atoms with Gasteiger partial charge in [0.25, 0.3) is 0 Å². The zero-order valence-corrected chi connectivity index (χ0v) is 85.2. The number of alkyl halides is 3. The summed E-state index contributed by atoms with van der Waals surface area (Å²) < 4.78 is 45.9. The van der Waals surface area contributed by atoms with Crippen LogP contribution < -0.4 is 81.1 Å². The lowest BCUT2D eigenvalue weighted by molar-refractivity contribution is -0.149. The van der Waals surface area contributed by atoms with E-state index in [1.807, 2.05) is 13.8 Å². The van der Waals surface area contributed by atoms with Gasteiger partial charge in [-0.15, -0.1) is 11.8 Å². The smallest absolute Gasteiger partial charge is 0.488 e. The highest BCUT2D eigenvalue weighted by Crippen LogP contribution is 2.33. The minimum absolute atomic E-state index is 0.0275. The number of carboxylic acids is 1. The van der Waals surface area contributed by atoms with E-state index in [-0.39, 0.29) is 89.0 Å². The zero-order chi connectivity index (χ0) is 109. The molecule has 3 aliphatic heterocycles. The van der Waals surface area contributed by atoms with Gasteiger partial charge in [-0.2, -0.15) is 13.2 Å². The van der Waals surface area contributed by atoms with Crippen molar-refractivity contribution >= 4 is 153 Å². The number of benzene rings is 4. The number of fused-ring (bicyclic) bond motifs is 4. The van der Waals surface area contributed by atoms with Crippen molar-refractivity contribution in [2.45, 2.75) is 261 Å². The van der Waals surface area contributed by atoms with Gasteiger partial charge in [-0.3, -0.25) is 86.3 Å². The summed E-state index contributed by atoms with van der Waals surface area (Å²) in [5.74, 6) is -20.5. The number of phenols is 1. The molecule has 806 valence electrons. The van der Waals surface area contributed by atoms with Crippen molar-refractivity contribution in [1.82, 2.24) is 92.5 Å². The van der Waals surface area contributed by atoms with Crippen LogP contribution in [-0.2, 0) is 125 Å². The molecular weight excluding hydrogens is 1950 g/mol. The molecule has 2 aromatic heterocycles. The van der Waals surface area contributed by atoms with E-state index in [0.29, 0.717) is 63.8 Å². The number of carboxylic acid groups (broad SMARTS) is 1. The fourth-order valence-corrected chi connectivity index (χ4v) is 19.2. The maximum Gasteiger partial charge on any atom is 0.488 e. The Kier molecular flexibility index (Phi) is 43.6. The number of primary amides is 2. The molecule has 23 N–H and O–H groups in total. The zero-order valence-electron chi connectivity index (χ0n) is 84.4. The first-order valence-electron chi connectivity index (χ1n) is 49.3. The van der Waals surface area contributed by atoms with Crippen molar-refractivity contribution in [3.05, 3.63) is 131 Å². The second-order valence-electron chi connectivity index (χ2n) is 38.5. The lowest BCUT2D eigenvalue weighted by atomic mass is 9.78. The molecule has 49 heteroatoms. The van der Waals surface area contributed by atoms with Gasteiger partial charge in [0.1, 0.15) is 96.9 Å². The molecule has 17 amide bonds. The number of carbonyl (C=O) groups is 18. The van der Waals surface area contributed by atoms with Gasteiger partial charge >= 0.3 is 19.3 Å². The summed E-state index contributed by atoms with van der Waals surface area (Å²) in [4.78, 5) is 274. The molecule has 0 saturated carbocycles. The van der Waals surface area contributed by atoms with E-state index < -0.39 is 296 Å². The van der Waals surface area contributed by atoms with Crippen LogP contribution in [-0.4, -0.2) is 329 Å². The average Bonchev–Trinajstić information content (AvgIpc) is 1.58. The molecule has 6 aromatic rings. The monoisotopic (exact) mass is 2090 g/mol. The number of rotatable bonds is 30. The van der Waals surface area contributed by atoms with E-state index in [9.17, 15) is 76.9 Å². The number of nitrogens with zero attached hydrogens (tertiary/aromatic N) is 6. The Morgan fingerprint density at radius 1 is 0.574 bits per heavy atom. The molecule has 0 spiro atoms. The summed E-state index contributed by atoms with van der Waals surface area (Å²) in [7, 11) is 1.47. The molecule has 0 radical (unpaired) electrons. The SMILES string of the molecule is CCCC[C@H]1C(=O)N(C)[C@@H](CCCC)C(=O)N[C@@H](CC(C)C)C(=O)N[C@H](C(=O)NCC(N)=O)CSCC(=O)N[C@@H](Cc2ccc(O)cc2)C(=O)N(C)[C@@H](C)C(=O)N[C@@H](CC(N)=O)C(=O)N2CCC[C@H]2C(=O)N[C@@H](CNCc2ccc(B(O)O)cc2C(F)(F)F)C(=O)N[C@@H](CC(C)C)C(=O)N2C[C@H](O)C[C@H]2C(=O)N[C@@H](Cc2c[nH]c3ccccc23)C(=O)N[C@@H](CCN)C(=O)N[C@@H](Cc2cn(CC(=O)O)c3ccccc23)C(=O)N1C. The van der Waals surface area contributed by atoms with Gasteiger partial charge in [-0.25, -0.2) is 0 Å². The Hall–Kier alpha value is -13.8. The summed E-state index contributed by atoms with van der Waals surface area (Å²) in [6, 6.07) is -1.71. The van der Waals surface area contributed by atoms with Crippen LogP contribution in [0.15, 0.2) is 103 Å². The number of hydrogen-bond acceptors (Lipinski definition) is 25. The molecule has 148 heavy (non-hydrogen) atoms. The van der Waals surface area contributed by atoms with Crippen molar-refractivity contribution in [2.75, 3.05) is 65.4 Å². The summed E-state index contributed by atoms with van der Waals surface area (Å²) >= 11 is 0.747. The topological polar surface area (TPSA) is 656 Å². The number of aromatic amines is 1. The minimum Gasteiger partial charge on any atom is -0.508 e. The standard InChI is InChI=1S/C99H137BF3N21O23S/c1-11-13-23-77-91(138)112-68(36-53(3)4)88(135)118-75(86(133)109-47-82(106)128)51-148-52-83(129)110-71(38-56-27-31-61(125)32-28-56)94(141)119(8)55(7)85(132)114-73(43-81(105)127)96(143)123-35-19-26-78(123)92(139)117-74(46-107-44-57-29-30-60(100(146)147)41-65(57)99(101,102)103)90(137)115-70(37-54(5)6)97(144)124-49-62(126)42-80(124)93(140)113-69(39-58-45-108-66-22-17-15-20-63(58)66)89(136)111-67(33-34-104)87(134)116-72(95(142)121(10)79(24-14-12-2)98(145)120(77)9)40-59-48-122(50-84(130)131)76-25-18-16-21-64(59)76/h15-18,20-22,25,27-32,41,45,48,53-55,62,67-75,77-80,107-108,125-126,146-147H,11-14,19,23-24,26,33-40,42-44,46-47,49-52,104H2,1-10H3,(H2,105,127)(H2,106,128)(H,109,133)(H,110,129)(H,111,136)(H,112,138)(H,113,140)(H,114,132)(H,115,137)(H,116,134)(H,117,139)(H,118,135)(H,130,131)/t55-,62+,67-,68-,69-,70-,71-,72-,73-,74-,75-,77-,78-,79-,80-/m0/s1. The molecule has 5 heterocycles. The number of aliphatic carboxylic acids is 1. The maximum absolute atomic E-state index is 16.0. The first kappa shape index (κ1) is 118. The number of halogens is 3. The number of H-pyrrole nitrogens is 1. The van der Waals surface area contributed by atoms with Crippen molar-refractivity contribution in [1.29, 1.82) is 0 Å². The number of aliphatic hydroxyl groups is 1. The fraction of sp³-hybridized carbons (Fsp3) is 0.535. The fourth-order valence-electron chi connectivity index (χ4n) is 18.3. The van der Waals surface area contributed by atoms with Crippen LogP contribution in [0.3, 0.4) is 0 Å². The van der Waals surface area contributed by atoms with Crippen molar-refractivity contribution in [3.63, 3.8) is 0 Å². The van der Waals surface area contributed by atoms with E-state index in [1.54, 1.807) is 82.4 Å². The molecule has 3 fully saturated rings. The first-order chi connectivity index (χ1) is 70.0. The number of carbonyl (C=O) groups excluding carboxylic acids is 17. The van der Waals surface area contributed by atoms with Gasteiger partial charge in [0.2, 0.25) is 100 Å². The number of amides is 17. The third-order valence-corrected chi connectivity index (χ3v) is 27.3. The van der Waals surface area contributed by atoms with Gasteiger partial charge in [0.05, 0.1) is 30.4 Å². The van der Waals surface area contributed by atoms with Gasteiger partial charge in [-0.05, 0) is 128 Å². The number of hydrogen-bond donors (Lipinski definition) is 20. The quantitative estimate of drug-likeness (QED) is 0.0223. The minimum atomic E-state index is -5.12. The number of nitrogens with one attached hydrogen (secondary N) is 12. The number of para-hydroxylation sites is 2. The van der Waals surface area contributed by atoms with Crippen LogP contribution >= 0.6 is 11.8 Å². The Morgan fingerprint density at radius 2 is 1.14 bits per heavy atom. The number of aromatic hydroxyl groups is 1.